The summed E-state index contributed by atoms with van der Waals surface area (Å²) in [7, 11) is 0. The molecule has 0 N–H and O–H groups in total. The molecule has 0 bridgehead atoms. The summed E-state index contributed by atoms with van der Waals surface area (Å²) in [5, 5.41) is 18.7. The molecule has 0 aliphatic rings. The Labute approximate surface area is 109 Å². The van der Waals surface area contributed by atoms with Gasteiger partial charge in [-0.2, -0.15) is 0 Å². The van der Waals surface area contributed by atoms with Crippen molar-refractivity contribution >= 4 is 16.6 Å². The van der Waals surface area contributed by atoms with Crippen molar-refractivity contribution in [1.29, 1.82) is 0 Å². The molecule has 1 heterocycles. The van der Waals surface area contributed by atoms with Gasteiger partial charge in [-0.1, -0.05) is 25.0 Å². The molecule has 19 heavy (non-hydrogen) atoms. The second-order valence-corrected chi connectivity index (χ2v) is 4.28. The zero-order valence-electron chi connectivity index (χ0n) is 10.6. The van der Waals surface area contributed by atoms with Crippen LogP contribution in [-0.4, -0.2) is 19.9 Å². The molecule has 100 valence electrons. The molecule has 1 aromatic heterocycles. The molecule has 7 heteroatoms. The van der Waals surface area contributed by atoms with Crippen molar-refractivity contribution in [2.75, 3.05) is 0 Å². The van der Waals surface area contributed by atoms with E-state index >= 15 is 0 Å². The van der Waals surface area contributed by atoms with Crippen LogP contribution in [0.4, 0.5) is 5.69 Å². The number of nitro groups is 1. The van der Waals surface area contributed by atoms with Gasteiger partial charge in [-0.05, 0) is 12.5 Å². The van der Waals surface area contributed by atoms with Crippen LogP contribution in [0.25, 0.3) is 10.9 Å². The smallest absolute Gasteiger partial charge is 0.267 e. The Hall–Kier alpha value is -2.31. The maximum absolute atomic E-state index is 12.1. The zero-order valence-corrected chi connectivity index (χ0v) is 10.6. The van der Waals surface area contributed by atoms with E-state index in [1.54, 1.807) is 0 Å². The summed E-state index contributed by atoms with van der Waals surface area (Å²) in [6.07, 6.45) is 2.94. The number of rotatable bonds is 5. The summed E-state index contributed by atoms with van der Waals surface area (Å²) in [5.41, 5.74) is -0.0909. The van der Waals surface area contributed by atoms with Crippen LogP contribution in [-0.2, 0) is 6.54 Å². The predicted octanol–water partition coefficient (Wildman–Crippen LogP) is 1.89. The third kappa shape index (κ3) is 2.75. The molecular formula is C12H14N4O3. The highest BCUT2D eigenvalue weighted by Gasteiger charge is 2.11. The van der Waals surface area contributed by atoms with Crippen molar-refractivity contribution in [3.63, 3.8) is 0 Å². The zero-order chi connectivity index (χ0) is 13.8. The maximum Gasteiger partial charge on any atom is 0.277 e. The van der Waals surface area contributed by atoms with E-state index in [1.165, 1.54) is 22.9 Å². The predicted molar refractivity (Wildman–Crippen MR) is 70.0 cm³/mol. The number of hydrogen-bond donors (Lipinski definition) is 0. The quantitative estimate of drug-likeness (QED) is 0.466. The van der Waals surface area contributed by atoms with Crippen LogP contribution < -0.4 is 5.56 Å². The van der Waals surface area contributed by atoms with Gasteiger partial charge in [0, 0.05) is 18.7 Å². The summed E-state index contributed by atoms with van der Waals surface area (Å²) in [6, 6.07) is 4.00. The highest BCUT2D eigenvalue weighted by atomic mass is 16.6. The Bertz CT molecular complexity index is 666. The van der Waals surface area contributed by atoms with Crippen LogP contribution >= 0.6 is 0 Å². The number of nitro benzene ring substituents is 1. The first-order valence-electron chi connectivity index (χ1n) is 6.15. The fourth-order valence-electron chi connectivity index (χ4n) is 1.84. The first-order valence-corrected chi connectivity index (χ1v) is 6.15. The van der Waals surface area contributed by atoms with Crippen molar-refractivity contribution in [1.82, 2.24) is 15.0 Å². The third-order valence-corrected chi connectivity index (χ3v) is 2.89. The molecule has 7 nitrogen and oxygen atoms in total. The summed E-state index contributed by atoms with van der Waals surface area (Å²) in [5.74, 6) is 0. The fraction of sp³-hybridized carbons (Fsp3) is 0.417. The monoisotopic (exact) mass is 262 g/mol. The Morgan fingerprint density at radius 1 is 1.37 bits per heavy atom. The van der Waals surface area contributed by atoms with Crippen LogP contribution in [0.5, 0.6) is 0 Å². The summed E-state index contributed by atoms with van der Waals surface area (Å²) < 4.78 is 1.31. The first kappa shape index (κ1) is 13.1. The first-order chi connectivity index (χ1) is 9.13. The SMILES string of the molecule is CCCCCn1nnc2cc([N+](=O)[O-])ccc2c1=O. The van der Waals surface area contributed by atoms with E-state index in [0.717, 1.165) is 19.3 Å². The van der Waals surface area contributed by atoms with Crippen molar-refractivity contribution in [3.8, 4) is 0 Å². The number of benzene rings is 1. The molecule has 0 radical (unpaired) electrons. The fourth-order valence-corrected chi connectivity index (χ4v) is 1.84. The molecule has 0 saturated carbocycles. The normalized spacial score (nSPS) is 10.8. The Morgan fingerprint density at radius 2 is 2.16 bits per heavy atom. The molecule has 0 saturated heterocycles. The summed E-state index contributed by atoms with van der Waals surface area (Å²) >= 11 is 0. The van der Waals surface area contributed by atoms with Gasteiger partial charge in [0.1, 0.15) is 5.52 Å². The number of nitrogens with zero attached hydrogens (tertiary/aromatic N) is 4. The number of unbranched alkanes of at least 4 members (excludes halogenated alkanes) is 2. The van der Waals surface area contributed by atoms with Gasteiger partial charge in [0.2, 0.25) is 0 Å². The van der Waals surface area contributed by atoms with Crippen LogP contribution in [0.3, 0.4) is 0 Å². The van der Waals surface area contributed by atoms with Crippen molar-refractivity contribution in [3.05, 3.63) is 38.7 Å². The van der Waals surface area contributed by atoms with Gasteiger partial charge in [-0.25, -0.2) is 4.68 Å². The molecule has 0 aliphatic carbocycles. The molecule has 2 aromatic rings. The standard InChI is InChI=1S/C12H14N4O3/c1-2-3-4-7-15-12(17)10-6-5-9(16(18)19)8-11(10)13-14-15/h5-6,8H,2-4,7H2,1H3. The van der Waals surface area contributed by atoms with E-state index in [2.05, 4.69) is 17.2 Å². The molecule has 2 rings (SSSR count). The van der Waals surface area contributed by atoms with Gasteiger partial charge in [0.25, 0.3) is 11.2 Å². The minimum Gasteiger partial charge on any atom is -0.267 e. The van der Waals surface area contributed by atoms with Crippen LogP contribution in [0, 0.1) is 10.1 Å². The lowest BCUT2D eigenvalue weighted by molar-refractivity contribution is -0.384. The minimum absolute atomic E-state index is 0.0927. The van der Waals surface area contributed by atoms with Gasteiger partial charge < -0.3 is 0 Å². The topological polar surface area (TPSA) is 90.9 Å². The summed E-state index contributed by atoms with van der Waals surface area (Å²) in [4.78, 5) is 22.2. The minimum atomic E-state index is -0.520. The lowest BCUT2D eigenvalue weighted by Crippen LogP contribution is -2.24. The number of aromatic nitrogens is 3. The van der Waals surface area contributed by atoms with Gasteiger partial charge in [-0.3, -0.25) is 14.9 Å². The number of non-ortho nitro benzene ring substituents is 1. The Kier molecular flexibility index (Phi) is 3.84. The molecular weight excluding hydrogens is 248 g/mol. The average Bonchev–Trinajstić information content (AvgIpc) is 2.41. The van der Waals surface area contributed by atoms with E-state index in [-0.39, 0.29) is 16.8 Å². The van der Waals surface area contributed by atoms with E-state index in [4.69, 9.17) is 0 Å². The Morgan fingerprint density at radius 3 is 2.84 bits per heavy atom. The third-order valence-electron chi connectivity index (χ3n) is 2.89. The summed E-state index contributed by atoms with van der Waals surface area (Å²) in [6.45, 7) is 2.60. The van der Waals surface area contributed by atoms with Crippen molar-refractivity contribution in [2.24, 2.45) is 0 Å². The van der Waals surface area contributed by atoms with Gasteiger partial charge in [0.05, 0.1) is 10.3 Å². The molecule has 0 amide bonds. The maximum atomic E-state index is 12.1. The second-order valence-electron chi connectivity index (χ2n) is 4.28. The number of hydrogen-bond acceptors (Lipinski definition) is 5. The molecule has 0 spiro atoms. The van der Waals surface area contributed by atoms with Crippen LogP contribution in [0.2, 0.25) is 0 Å². The average molecular weight is 262 g/mol. The van der Waals surface area contributed by atoms with E-state index in [9.17, 15) is 14.9 Å². The molecule has 0 fully saturated rings. The Balaban J connectivity index is 2.39. The van der Waals surface area contributed by atoms with E-state index < -0.39 is 4.92 Å². The molecule has 0 unspecified atom stereocenters. The van der Waals surface area contributed by atoms with Crippen molar-refractivity contribution < 1.29 is 4.92 Å². The molecule has 0 aliphatic heterocycles. The number of fused-ring (bicyclic) bond motifs is 1. The molecule has 0 atom stereocenters. The van der Waals surface area contributed by atoms with Crippen molar-refractivity contribution in [2.45, 2.75) is 32.7 Å². The van der Waals surface area contributed by atoms with E-state index in [0.29, 0.717) is 11.9 Å². The van der Waals surface area contributed by atoms with E-state index in [1.807, 2.05) is 0 Å². The molecule has 1 aromatic carbocycles. The largest absolute Gasteiger partial charge is 0.277 e. The van der Waals surface area contributed by atoms with Gasteiger partial charge >= 0.3 is 0 Å². The van der Waals surface area contributed by atoms with Crippen LogP contribution in [0.1, 0.15) is 26.2 Å². The highest BCUT2D eigenvalue weighted by molar-refractivity contribution is 5.79. The number of aryl methyl sites for hydroxylation is 1. The van der Waals surface area contributed by atoms with Gasteiger partial charge in [0.15, 0.2) is 0 Å². The highest BCUT2D eigenvalue weighted by Crippen LogP contribution is 2.15. The lowest BCUT2D eigenvalue weighted by Gasteiger charge is -2.03. The lowest BCUT2D eigenvalue weighted by atomic mass is 10.2. The van der Waals surface area contributed by atoms with Crippen LogP contribution in [0.15, 0.2) is 23.0 Å². The second kappa shape index (κ2) is 5.55. The van der Waals surface area contributed by atoms with Gasteiger partial charge in [-0.15, -0.1) is 5.10 Å².